The van der Waals surface area contributed by atoms with E-state index < -0.39 is 0 Å². The van der Waals surface area contributed by atoms with Crippen LogP contribution in [0.15, 0.2) is 48.5 Å². The summed E-state index contributed by atoms with van der Waals surface area (Å²) in [5.41, 5.74) is 0. The summed E-state index contributed by atoms with van der Waals surface area (Å²) in [7, 11) is 0. The second-order valence-corrected chi connectivity index (χ2v) is 6.10. The van der Waals surface area contributed by atoms with Gasteiger partial charge < -0.3 is 20.4 Å². The molecule has 0 fully saturated rings. The van der Waals surface area contributed by atoms with Gasteiger partial charge in [-0.15, -0.1) is 0 Å². The lowest BCUT2D eigenvalue weighted by molar-refractivity contribution is 0.455. The Bertz CT molecular complexity index is 1260. The first kappa shape index (κ1) is 13.1. The third-order valence-electron chi connectivity index (χ3n) is 4.75. The number of fused-ring (bicyclic) bond motifs is 2. The Labute approximate surface area is 135 Å². The second kappa shape index (κ2) is 4.11. The molecule has 0 spiro atoms. The summed E-state index contributed by atoms with van der Waals surface area (Å²) >= 11 is 0. The lowest BCUT2D eigenvalue weighted by Crippen LogP contribution is -1.87. The van der Waals surface area contributed by atoms with E-state index in [2.05, 4.69) is 0 Å². The van der Waals surface area contributed by atoms with Gasteiger partial charge >= 0.3 is 0 Å². The highest BCUT2D eigenvalue weighted by Crippen LogP contribution is 2.45. The van der Waals surface area contributed by atoms with E-state index >= 15 is 0 Å². The number of benzene rings is 5. The van der Waals surface area contributed by atoms with Crippen LogP contribution in [0.1, 0.15) is 0 Å². The van der Waals surface area contributed by atoms with Crippen molar-refractivity contribution in [1.29, 1.82) is 0 Å². The first-order chi connectivity index (χ1) is 11.5. The first-order valence-corrected chi connectivity index (χ1v) is 7.53. The molecule has 0 atom stereocenters. The van der Waals surface area contributed by atoms with Gasteiger partial charge in [0.15, 0.2) is 0 Å². The Balaban J connectivity index is 2.18. The monoisotopic (exact) mass is 316 g/mol. The van der Waals surface area contributed by atoms with Crippen LogP contribution in [0.3, 0.4) is 0 Å². The summed E-state index contributed by atoms with van der Waals surface area (Å²) in [6, 6.07) is 13.5. The summed E-state index contributed by atoms with van der Waals surface area (Å²) in [4.78, 5) is 0. The number of hydrogen-bond acceptors (Lipinski definition) is 4. The van der Waals surface area contributed by atoms with Crippen LogP contribution in [-0.4, -0.2) is 20.4 Å². The van der Waals surface area contributed by atoms with Gasteiger partial charge in [0.2, 0.25) is 0 Å². The maximum absolute atomic E-state index is 10.2. The SMILES string of the molecule is Oc1cc(O)c2cc3ccc4c(O)cc(O)c5ccc(c2c1)c3c45. The number of hydrogen-bond donors (Lipinski definition) is 4. The van der Waals surface area contributed by atoms with Gasteiger partial charge in [0.1, 0.15) is 23.0 Å². The molecule has 4 N–H and O–H groups in total. The molecule has 24 heavy (non-hydrogen) atoms. The largest absolute Gasteiger partial charge is 0.508 e. The molecule has 0 radical (unpaired) electrons. The molecule has 4 nitrogen and oxygen atoms in total. The van der Waals surface area contributed by atoms with Gasteiger partial charge in [-0.05, 0) is 45.8 Å². The molecule has 0 bridgehead atoms. The fraction of sp³-hybridized carbons (Fsp3) is 0. The molecule has 4 heteroatoms. The van der Waals surface area contributed by atoms with Gasteiger partial charge in [-0.1, -0.05) is 12.1 Å². The predicted molar refractivity (Wildman–Crippen MR) is 94.3 cm³/mol. The number of phenols is 4. The highest BCUT2D eigenvalue weighted by molar-refractivity contribution is 6.30. The van der Waals surface area contributed by atoms with E-state index in [9.17, 15) is 20.4 Å². The Morgan fingerprint density at radius 2 is 1.08 bits per heavy atom. The van der Waals surface area contributed by atoms with Gasteiger partial charge in [-0.2, -0.15) is 0 Å². The average molecular weight is 316 g/mol. The molecule has 0 amide bonds. The van der Waals surface area contributed by atoms with Gasteiger partial charge in [0.25, 0.3) is 0 Å². The molecular formula is C20H12O4. The predicted octanol–water partition coefficient (Wildman–Crippen LogP) is 4.56. The Kier molecular flexibility index (Phi) is 2.24. The number of phenolic OH excluding ortho intramolecular Hbond substituents is 4. The summed E-state index contributed by atoms with van der Waals surface area (Å²) in [5.74, 6) is 0.0448. The van der Waals surface area contributed by atoms with E-state index in [1.807, 2.05) is 24.3 Å². The van der Waals surface area contributed by atoms with Crippen molar-refractivity contribution in [3.63, 3.8) is 0 Å². The molecular weight excluding hydrogens is 304 g/mol. The van der Waals surface area contributed by atoms with Crippen molar-refractivity contribution in [3.05, 3.63) is 48.5 Å². The van der Waals surface area contributed by atoms with Crippen LogP contribution in [0.4, 0.5) is 0 Å². The van der Waals surface area contributed by atoms with Crippen molar-refractivity contribution in [2.24, 2.45) is 0 Å². The lowest BCUT2D eigenvalue weighted by atomic mass is 9.90. The molecule has 0 saturated carbocycles. The molecule has 5 aromatic carbocycles. The number of rotatable bonds is 0. The smallest absolute Gasteiger partial charge is 0.127 e. The quantitative estimate of drug-likeness (QED) is 0.249. The zero-order chi connectivity index (χ0) is 16.6. The molecule has 116 valence electrons. The molecule has 5 aromatic rings. The fourth-order valence-corrected chi connectivity index (χ4v) is 3.73. The van der Waals surface area contributed by atoms with Crippen LogP contribution in [0.2, 0.25) is 0 Å². The van der Waals surface area contributed by atoms with E-state index in [0.29, 0.717) is 16.2 Å². The van der Waals surface area contributed by atoms with E-state index in [4.69, 9.17) is 0 Å². The minimum atomic E-state index is -0.0132. The van der Waals surface area contributed by atoms with Gasteiger partial charge in [0, 0.05) is 33.7 Å². The maximum atomic E-state index is 10.2. The first-order valence-electron chi connectivity index (χ1n) is 7.53. The summed E-state index contributed by atoms with van der Waals surface area (Å²) in [5, 5.41) is 46.5. The lowest BCUT2D eigenvalue weighted by Gasteiger charge is -2.15. The van der Waals surface area contributed by atoms with Crippen molar-refractivity contribution < 1.29 is 20.4 Å². The Hall–Kier alpha value is -3.40. The maximum Gasteiger partial charge on any atom is 0.127 e. The van der Waals surface area contributed by atoms with Crippen LogP contribution in [-0.2, 0) is 0 Å². The summed E-state index contributed by atoms with van der Waals surface area (Å²) in [6.45, 7) is 0. The number of aromatic hydroxyl groups is 4. The zero-order valence-electron chi connectivity index (χ0n) is 12.4. The minimum absolute atomic E-state index is 0.0132. The third kappa shape index (κ3) is 1.47. The van der Waals surface area contributed by atoms with Crippen molar-refractivity contribution in [2.75, 3.05) is 0 Å². The summed E-state index contributed by atoms with van der Waals surface area (Å²) < 4.78 is 0. The Morgan fingerprint density at radius 1 is 0.458 bits per heavy atom. The van der Waals surface area contributed by atoms with Crippen LogP contribution in [0.5, 0.6) is 23.0 Å². The Morgan fingerprint density at radius 3 is 1.83 bits per heavy atom. The molecule has 0 heterocycles. The summed E-state index contributed by atoms with van der Waals surface area (Å²) in [6.07, 6.45) is 0. The van der Waals surface area contributed by atoms with Gasteiger partial charge in [-0.3, -0.25) is 0 Å². The highest BCUT2D eigenvalue weighted by Gasteiger charge is 2.16. The van der Waals surface area contributed by atoms with Gasteiger partial charge in [-0.25, -0.2) is 0 Å². The van der Waals surface area contributed by atoms with Crippen molar-refractivity contribution in [3.8, 4) is 23.0 Å². The van der Waals surface area contributed by atoms with E-state index in [1.54, 1.807) is 12.1 Å². The highest BCUT2D eigenvalue weighted by atomic mass is 16.3. The molecule has 0 saturated heterocycles. The van der Waals surface area contributed by atoms with Crippen molar-refractivity contribution in [1.82, 2.24) is 0 Å². The molecule has 0 unspecified atom stereocenters. The average Bonchev–Trinajstić information content (AvgIpc) is 2.55. The molecule has 0 aliphatic heterocycles. The van der Waals surface area contributed by atoms with Gasteiger partial charge in [0.05, 0.1) is 0 Å². The van der Waals surface area contributed by atoms with Crippen LogP contribution >= 0.6 is 0 Å². The normalized spacial score (nSPS) is 12.0. The molecule has 0 aliphatic rings. The van der Waals surface area contributed by atoms with Crippen molar-refractivity contribution in [2.45, 2.75) is 0 Å². The zero-order valence-corrected chi connectivity index (χ0v) is 12.4. The van der Waals surface area contributed by atoms with Crippen LogP contribution < -0.4 is 0 Å². The molecule has 5 rings (SSSR count). The fourth-order valence-electron chi connectivity index (χ4n) is 3.73. The molecule has 0 aliphatic carbocycles. The van der Waals surface area contributed by atoms with Crippen molar-refractivity contribution >= 4 is 43.1 Å². The molecule has 0 aromatic heterocycles. The van der Waals surface area contributed by atoms with E-state index in [0.717, 1.165) is 26.9 Å². The minimum Gasteiger partial charge on any atom is -0.508 e. The standard InChI is InChI=1S/C20H12O4/c21-10-6-14-11-3-4-13-18(24)8-17(23)12-2-1-9(19(11)20(12)13)5-15(14)16(22)7-10/h1-8,21-24H. The topological polar surface area (TPSA) is 80.9 Å². The third-order valence-corrected chi connectivity index (χ3v) is 4.75. The van der Waals surface area contributed by atoms with Crippen LogP contribution in [0.25, 0.3) is 43.1 Å². The second-order valence-electron chi connectivity index (χ2n) is 6.10. The van der Waals surface area contributed by atoms with E-state index in [-0.39, 0.29) is 23.0 Å². The van der Waals surface area contributed by atoms with Crippen LogP contribution in [0, 0.1) is 0 Å². The van der Waals surface area contributed by atoms with E-state index in [1.165, 1.54) is 12.1 Å².